The number of hydrogen-bond donors (Lipinski definition) is 1. The van der Waals surface area contributed by atoms with Crippen molar-refractivity contribution in [3.05, 3.63) is 94.5 Å². The smallest absolute Gasteiger partial charge is 0.264 e. The van der Waals surface area contributed by atoms with E-state index in [0.29, 0.717) is 12.1 Å². The lowest BCUT2D eigenvalue weighted by Gasteiger charge is -2.33. The normalized spacial score (nSPS) is 12.8. The van der Waals surface area contributed by atoms with Gasteiger partial charge in [-0.05, 0) is 68.7 Å². The second-order valence-electron chi connectivity index (χ2n) is 9.55. The number of carbonyl (C=O) groups is 2. The molecule has 0 spiro atoms. The predicted molar refractivity (Wildman–Crippen MR) is 159 cm³/mol. The second kappa shape index (κ2) is 13.8. The Morgan fingerprint density at radius 2 is 1.51 bits per heavy atom. The topological polar surface area (TPSA) is 86.8 Å². The van der Waals surface area contributed by atoms with Gasteiger partial charge in [-0.1, -0.05) is 77.8 Å². The number of rotatable bonds is 12. The molecule has 2 atom stereocenters. The molecule has 0 aliphatic heterocycles. The molecule has 7 nitrogen and oxygen atoms in total. The SMILES string of the molecule is CC[C@H](C)NC(=O)[C@H](CC)N(Cc1ccc(C)cc1)C(=O)CN(c1ccc(Br)cc1)S(=O)(=O)c1ccccc1. The summed E-state index contributed by atoms with van der Waals surface area (Å²) in [5.74, 6) is -0.724. The summed E-state index contributed by atoms with van der Waals surface area (Å²) in [5, 5.41) is 2.99. The Bertz CT molecular complexity index is 1350. The van der Waals surface area contributed by atoms with Crippen molar-refractivity contribution in [2.24, 2.45) is 0 Å². The van der Waals surface area contributed by atoms with Gasteiger partial charge in [-0.2, -0.15) is 0 Å². The predicted octanol–water partition coefficient (Wildman–Crippen LogP) is 5.67. The number of aryl methyl sites for hydroxylation is 1. The van der Waals surface area contributed by atoms with E-state index >= 15 is 0 Å². The van der Waals surface area contributed by atoms with Crippen LogP contribution in [0.15, 0.2) is 88.2 Å². The van der Waals surface area contributed by atoms with Gasteiger partial charge < -0.3 is 10.2 Å². The van der Waals surface area contributed by atoms with E-state index in [1.807, 2.05) is 52.0 Å². The molecule has 0 radical (unpaired) electrons. The molecule has 0 saturated carbocycles. The van der Waals surface area contributed by atoms with E-state index in [1.54, 1.807) is 42.5 Å². The first kappa shape index (κ1) is 30.4. The number of sulfonamides is 1. The van der Waals surface area contributed by atoms with Crippen molar-refractivity contribution in [3.8, 4) is 0 Å². The molecule has 0 bridgehead atoms. The molecule has 3 aromatic carbocycles. The molecule has 0 fully saturated rings. The Morgan fingerprint density at radius 1 is 0.897 bits per heavy atom. The second-order valence-corrected chi connectivity index (χ2v) is 12.3. The van der Waals surface area contributed by atoms with E-state index in [1.165, 1.54) is 17.0 Å². The van der Waals surface area contributed by atoms with Crippen LogP contribution >= 0.6 is 15.9 Å². The third-order valence-electron chi connectivity index (χ3n) is 6.59. The minimum absolute atomic E-state index is 0.0550. The van der Waals surface area contributed by atoms with Gasteiger partial charge in [-0.3, -0.25) is 13.9 Å². The summed E-state index contributed by atoms with van der Waals surface area (Å²) < 4.78 is 29.5. The number of amides is 2. The first-order valence-corrected chi connectivity index (χ1v) is 15.3. The van der Waals surface area contributed by atoms with Gasteiger partial charge in [0.1, 0.15) is 12.6 Å². The summed E-state index contributed by atoms with van der Waals surface area (Å²) in [4.78, 5) is 28.9. The van der Waals surface area contributed by atoms with Crippen molar-refractivity contribution in [2.75, 3.05) is 10.8 Å². The fourth-order valence-corrected chi connectivity index (χ4v) is 5.81. The average molecular weight is 615 g/mol. The Kier molecular flexibility index (Phi) is 10.7. The number of carbonyl (C=O) groups excluding carboxylic acids is 2. The van der Waals surface area contributed by atoms with Crippen molar-refractivity contribution in [2.45, 2.75) is 64.1 Å². The zero-order chi connectivity index (χ0) is 28.6. The maximum Gasteiger partial charge on any atom is 0.264 e. The molecule has 3 aromatic rings. The number of nitrogens with one attached hydrogen (secondary N) is 1. The Labute approximate surface area is 240 Å². The molecule has 9 heteroatoms. The third kappa shape index (κ3) is 7.92. The fraction of sp³-hybridized carbons (Fsp3) is 0.333. The molecule has 3 rings (SSSR count). The highest BCUT2D eigenvalue weighted by molar-refractivity contribution is 9.10. The van der Waals surface area contributed by atoms with Crippen LogP contribution in [0.3, 0.4) is 0 Å². The van der Waals surface area contributed by atoms with Crippen molar-refractivity contribution in [1.82, 2.24) is 10.2 Å². The molecule has 208 valence electrons. The van der Waals surface area contributed by atoms with Crippen LogP contribution in [0.1, 0.15) is 44.7 Å². The van der Waals surface area contributed by atoms with Crippen molar-refractivity contribution < 1.29 is 18.0 Å². The Balaban J connectivity index is 2.03. The number of nitrogens with zero attached hydrogens (tertiary/aromatic N) is 2. The number of hydrogen-bond acceptors (Lipinski definition) is 4. The monoisotopic (exact) mass is 613 g/mol. The van der Waals surface area contributed by atoms with Gasteiger partial charge in [-0.15, -0.1) is 0 Å². The van der Waals surface area contributed by atoms with Gasteiger partial charge in [0.05, 0.1) is 10.6 Å². The number of benzene rings is 3. The number of halogens is 1. The number of anilines is 1. The molecular weight excluding hydrogens is 578 g/mol. The first-order chi connectivity index (χ1) is 18.6. The van der Waals surface area contributed by atoms with Crippen molar-refractivity contribution in [3.63, 3.8) is 0 Å². The maximum absolute atomic E-state index is 14.0. The maximum atomic E-state index is 14.0. The quantitative estimate of drug-likeness (QED) is 0.285. The van der Waals surface area contributed by atoms with Crippen LogP contribution < -0.4 is 9.62 Å². The third-order valence-corrected chi connectivity index (χ3v) is 8.90. The van der Waals surface area contributed by atoms with E-state index in [4.69, 9.17) is 0 Å². The van der Waals surface area contributed by atoms with E-state index in [9.17, 15) is 18.0 Å². The molecule has 0 saturated heterocycles. The Hall–Kier alpha value is -3.17. The van der Waals surface area contributed by atoms with Gasteiger partial charge in [0.25, 0.3) is 10.0 Å². The van der Waals surface area contributed by atoms with Crippen LogP contribution in [0.2, 0.25) is 0 Å². The van der Waals surface area contributed by atoms with Gasteiger partial charge in [-0.25, -0.2) is 8.42 Å². The standard InChI is InChI=1S/C30H36BrN3O4S/c1-5-23(4)32-30(36)28(6-2)33(20-24-14-12-22(3)13-15-24)29(35)21-34(26-18-16-25(31)17-19-26)39(37,38)27-10-8-7-9-11-27/h7-19,23,28H,5-6,20-21H2,1-4H3,(H,32,36)/t23-,28-/m0/s1. The van der Waals surface area contributed by atoms with Gasteiger partial charge in [0, 0.05) is 17.1 Å². The highest BCUT2D eigenvalue weighted by atomic mass is 79.9. The van der Waals surface area contributed by atoms with E-state index in [2.05, 4.69) is 21.2 Å². The molecular formula is C30H36BrN3O4S. The summed E-state index contributed by atoms with van der Waals surface area (Å²) in [6.07, 6.45) is 1.13. The van der Waals surface area contributed by atoms with Gasteiger partial charge in [0.15, 0.2) is 0 Å². The zero-order valence-electron chi connectivity index (χ0n) is 22.8. The van der Waals surface area contributed by atoms with Crippen LogP contribution in [0, 0.1) is 6.92 Å². The van der Waals surface area contributed by atoms with Crippen molar-refractivity contribution in [1.29, 1.82) is 0 Å². The van der Waals surface area contributed by atoms with Gasteiger partial charge >= 0.3 is 0 Å². The van der Waals surface area contributed by atoms with Crippen LogP contribution in [-0.4, -0.2) is 43.8 Å². The molecule has 0 unspecified atom stereocenters. The van der Waals surface area contributed by atoms with Crippen LogP contribution in [0.25, 0.3) is 0 Å². The van der Waals surface area contributed by atoms with E-state index < -0.39 is 28.5 Å². The molecule has 0 heterocycles. The summed E-state index contributed by atoms with van der Waals surface area (Å²) >= 11 is 3.39. The molecule has 0 aromatic heterocycles. The zero-order valence-corrected chi connectivity index (χ0v) is 25.2. The fourth-order valence-electron chi connectivity index (χ4n) is 4.11. The lowest BCUT2D eigenvalue weighted by atomic mass is 10.1. The van der Waals surface area contributed by atoms with Gasteiger partial charge in [0.2, 0.25) is 11.8 Å². The first-order valence-electron chi connectivity index (χ1n) is 13.1. The molecule has 39 heavy (non-hydrogen) atoms. The van der Waals surface area contributed by atoms with Crippen LogP contribution in [-0.2, 0) is 26.2 Å². The molecule has 0 aliphatic carbocycles. The molecule has 2 amide bonds. The summed E-state index contributed by atoms with van der Waals surface area (Å²) in [6.45, 7) is 7.43. The summed E-state index contributed by atoms with van der Waals surface area (Å²) in [7, 11) is -4.08. The highest BCUT2D eigenvalue weighted by Crippen LogP contribution is 2.26. The van der Waals surface area contributed by atoms with Crippen LogP contribution in [0.5, 0.6) is 0 Å². The lowest BCUT2D eigenvalue weighted by molar-refractivity contribution is -0.140. The van der Waals surface area contributed by atoms with Crippen molar-refractivity contribution >= 4 is 43.5 Å². The minimum atomic E-state index is -4.08. The Morgan fingerprint density at radius 3 is 2.08 bits per heavy atom. The largest absolute Gasteiger partial charge is 0.352 e. The molecule has 0 aliphatic rings. The molecule has 1 N–H and O–H groups in total. The highest BCUT2D eigenvalue weighted by Gasteiger charge is 2.33. The summed E-state index contributed by atoms with van der Waals surface area (Å²) in [6, 6.07) is 21.7. The summed E-state index contributed by atoms with van der Waals surface area (Å²) in [5.41, 5.74) is 2.28. The van der Waals surface area contributed by atoms with E-state index in [0.717, 1.165) is 26.3 Å². The minimum Gasteiger partial charge on any atom is -0.352 e. The average Bonchev–Trinajstić information content (AvgIpc) is 2.93. The van der Waals surface area contributed by atoms with Crippen LogP contribution in [0.4, 0.5) is 5.69 Å². The lowest BCUT2D eigenvalue weighted by Crippen LogP contribution is -2.53. The van der Waals surface area contributed by atoms with E-state index in [-0.39, 0.29) is 23.4 Å².